The van der Waals surface area contributed by atoms with Crippen molar-refractivity contribution in [1.29, 1.82) is 0 Å². The van der Waals surface area contributed by atoms with E-state index in [0.29, 0.717) is 54.2 Å². The molecule has 3 aromatic rings. The molecule has 9 nitrogen and oxygen atoms in total. The van der Waals surface area contributed by atoms with Crippen LogP contribution < -0.4 is 4.74 Å². The number of rotatable bonds is 10. The molecule has 0 saturated carbocycles. The Kier molecular flexibility index (Phi) is 10.6. The first-order valence-corrected chi connectivity index (χ1v) is 18.9. The Bertz CT molecular complexity index is 1450. The van der Waals surface area contributed by atoms with Crippen molar-refractivity contribution in [2.45, 2.75) is 105 Å². The van der Waals surface area contributed by atoms with Crippen molar-refractivity contribution in [2.24, 2.45) is 5.41 Å². The van der Waals surface area contributed by atoms with E-state index in [4.69, 9.17) is 28.4 Å². The molecule has 0 aliphatic carbocycles. The number of hydrogen-bond acceptors (Lipinski definition) is 8. The number of aromatic nitrogens is 3. The SMILES string of the molecule is Cc1noc(C)c1-c1cc(C(=O)N(C)C2CCOCC2)nc(-c2cccc(OCC(CC(C)(C)C)O[Si](C)(C)C(C)(C)C)c2)n1. The van der Waals surface area contributed by atoms with Crippen molar-refractivity contribution >= 4 is 14.2 Å². The molecular weight excluding hydrogens is 584 g/mol. The van der Waals surface area contributed by atoms with E-state index in [0.717, 1.165) is 30.4 Å². The second-order valence-electron chi connectivity index (χ2n) is 15.0. The van der Waals surface area contributed by atoms with Crippen LogP contribution in [0.5, 0.6) is 5.75 Å². The van der Waals surface area contributed by atoms with Crippen LogP contribution in [0.2, 0.25) is 18.1 Å². The third-order valence-electron chi connectivity index (χ3n) is 8.93. The Balaban J connectivity index is 1.66. The van der Waals surface area contributed by atoms with Gasteiger partial charge in [-0.1, -0.05) is 58.8 Å². The summed E-state index contributed by atoms with van der Waals surface area (Å²) in [5.41, 5.74) is 3.23. The Hall–Kier alpha value is -3.08. The van der Waals surface area contributed by atoms with Crippen LogP contribution in [0.1, 0.15) is 82.7 Å². The van der Waals surface area contributed by atoms with Gasteiger partial charge < -0.3 is 23.3 Å². The molecule has 2 aromatic heterocycles. The van der Waals surface area contributed by atoms with Crippen molar-refractivity contribution in [3.8, 4) is 28.4 Å². The zero-order valence-corrected chi connectivity index (χ0v) is 30.1. The van der Waals surface area contributed by atoms with E-state index < -0.39 is 8.32 Å². The maximum atomic E-state index is 13.8. The Morgan fingerprint density at radius 3 is 2.36 bits per heavy atom. The minimum atomic E-state index is -2.01. The van der Waals surface area contributed by atoms with E-state index >= 15 is 0 Å². The smallest absolute Gasteiger partial charge is 0.272 e. The van der Waals surface area contributed by atoms with Crippen LogP contribution >= 0.6 is 0 Å². The highest BCUT2D eigenvalue weighted by Crippen LogP contribution is 2.39. The number of carbonyl (C=O) groups is 1. The number of aryl methyl sites for hydroxylation is 2. The predicted molar refractivity (Wildman–Crippen MR) is 180 cm³/mol. The number of ether oxygens (including phenoxy) is 2. The van der Waals surface area contributed by atoms with Gasteiger partial charge in [0, 0.05) is 31.9 Å². The molecule has 3 heterocycles. The van der Waals surface area contributed by atoms with Gasteiger partial charge in [-0.15, -0.1) is 0 Å². The van der Waals surface area contributed by atoms with E-state index in [1.165, 1.54) is 0 Å². The van der Waals surface area contributed by atoms with Crippen molar-refractivity contribution in [2.75, 3.05) is 26.9 Å². The van der Waals surface area contributed by atoms with E-state index in [1.54, 1.807) is 11.0 Å². The lowest BCUT2D eigenvalue weighted by Gasteiger charge is -2.40. The molecule has 1 aliphatic rings. The Morgan fingerprint density at radius 1 is 1.07 bits per heavy atom. The molecule has 1 fully saturated rings. The van der Waals surface area contributed by atoms with Crippen molar-refractivity contribution in [3.63, 3.8) is 0 Å². The molecule has 0 spiro atoms. The highest BCUT2D eigenvalue weighted by Gasteiger charge is 2.40. The first-order valence-electron chi connectivity index (χ1n) is 16.0. The number of carbonyl (C=O) groups excluding carboxylic acids is 1. The molecule has 1 unspecified atom stereocenters. The molecule has 0 radical (unpaired) electrons. The first-order chi connectivity index (χ1) is 20.9. The van der Waals surface area contributed by atoms with E-state index in [1.807, 2.05) is 45.2 Å². The fraction of sp³-hybridized carbons (Fsp3) is 0.600. The molecule has 1 aromatic carbocycles. The molecule has 246 valence electrons. The minimum Gasteiger partial charge on any atom is -0.491 e. The van der Waals surface area contributed by atoms with Crippen LogP contribution in [0.25, 0.3) is 22.6 Å². The van der Waals surface area contributed by atoms with Gasteiger partial charge in [0.25, 0.3) is 5.91 Å². The average Bonchev–Trinajstić information content (AvgIpc) is 3.31. The lowest BCUT2D eigenvalue weighted by molar-refractivity contribution is 0.0359. The van der Waals surface area contributed by atoms with Gasteiger partial charge in [-0.25, -0.2) is 9.97 Å². The summed E-state index contributed by atoms with van der Waals surface area (Å²) in [7, 11) is -0.169. The highest BCUT2D eigenvalue weighted by molar-refractivity contribution is 6.74. The van der Waals surface area contributed by atoms with Crippen LogP contribution in [-0.4, -0.2) is 73.3 Å². The van der Waals surface area contributed by atoms with E-state index in [2.05, 4.69) is 59.8 Å². The maximum absolute atomic E-state index is 13.8. The summed E-state index contributed by atoms with van der Waals surface area (Å²) < 4.78 is 24.2. The monoisotopic (exact) mass is 636 g/mol. The molecule has 0 N–H and O–H groups in total. The van der Waals surface area contributed by atoms with Crippen molar-refractivity contribution in [1.82, 2.24) is 20.0 Å². The first kappa shape index (κ1) is 34.8. The molecule has 1 aliphatic heterocycles. The summed E-state index contributed by atoms with van der Waals surface area (Å²) in [6.07, 6.45) is 2.43. The zero-order valence-electron chi connectivity index (χ0n) is 29.1. The summed E-state index contributed by atoms with van der Waals surface area (Å²) in [5, 5.41) is 4.22. The van der Waals surface area contributed by atoms with Crippen LogP contribution in [0.3, 0.4) is 0 Å². The summed E-state index contributed by atoms with van der Waals surface area (Å²) in [6.45, 7) is 23.5. The van der Waals surface area contributed by atoms with Crippen molar-refractivity contribution < 1.29 is 23.2 Å². The van der Waals surface area contributed by atoms with Crippen LogP contribution in [0, 0.1) is 19.3 Å². The van der Waals surface area contributed by atoms with Gasteiger partial charge in [0.2, 0.25) is 0 Å². The molecule has 1 amide bonds. The fourth-order valence-electron chi connectivity index (χ4n) is 5.41. The third-order valence-corrected chi connectivity index (χ3v) is 13.5. The molecule has 45 heavy (non-hydrogen) atoms. The predicted octanol–water partition coefficient (Wildman–Crippen LogP) is 7.87. The van der Waals surface area contributed by atoms with Crippen molar-refractivity contribution in [3.05, 3.63) is 47.5 Å². The lowest BCUT2D eigenvalue weighted by Crippen LogP contribution is -2.46. The maximum Gasteiger partial charge on any atom is 0.272 e. The number of benzene rings is 1. The average molecular weight is 637 g/mol. The highest BCUT2D eigenvalue weighted by atomic mass is 28.4. The lowest BCUT2D eigenvalue weighted by atomic mass is 9.89. The summed E-state index contributed by atoms with van der Waals surface area (Å²) >= 11 is 0. The van der Waals surface area contributed by atoms with Crippen LogP contribution in [-0.2, 0) is 9.16 Å². The zero-order chi connectivity index (χ0) is 33.2. The molecular formula is C35H52N4O5Si. The minimum absolute atomic E-state index is 0.0429. The number of hydrogen-bond donors (Lipinski definition) is 0. The van der Waals surface area contributed by atoms with Gasteiger partial charge in [0.15, 0.2) is 14.1 Å². The summed E-state index contributed by atoms with van der Waals surface area (Å²) in [4.78, 5) is 25.3. The Labute approximate surface area is 270 Å². The topological polar surface area (TPSA) is 99.8 Å². The Morgan fingerprint density at radius 2 is 1.76 bits per heavy atom. The molecule has 1 saturated heterocycles. The quantitative estimate of drug-likeness (QED) is 0.207. The molecule has 10 heteroatoms. The van der Waals surface area contributed by atoms with Crippen LogP contribution in [0.15, 0.2) is 34.9 Å². The standard InChI is InChI=1S/C35H52N4O5Si/c1-23-31(24(2)43-38-23)29-20-30(33(40)39(9)26-15-17-41-18-16-26)37-32(36-29)25-13-12-14-27(19-25)42-22-28(21-34(3,4)5)44-45(10,11)35(6,7)8/h12-14,19-20,26,28H,15-18,21-22H2,1-11H3. The van der Waals surface area contributed by atoms with Gasteiger partial charge >= 0.3 is 0 Å². The normalized spacial score (nSPS) is 15.6. The third kappa shape index (κ3) is 8.80. The largest absolute Gasteiger partial charge is 0.491 e. The number of nitrogens with zero attached hydrogens (tertiary/aromatic N) is 4. The van der Waals surface area contributed by atoms with Gasteiger partial charge in [0.05, 0.1) is 23.1 Å². The van der Waals surface area contributed by atoms with E-state index in [9.17, 15) is 4.79 Å². The second kappa shape index (κ2) is 13.7. The van der Waals surface area contributed by atoms with Gasteiger partial charge in [0.1, 0.15) is 23.8 Å². The van der Waals surface area contributed by atoms with Crippen LogP contribution in [0.4, 0.5) is 0 Å². The molecule has 4 rings (SSSR count). The van der Waals surface area contributed by atoms with Gasteiger partial charge in [-0.3, -0.25) is 4.79 Å². The van der Waals surface area contributed by atoms with Gasteiger partial charge in [-0.2, -0.15) is 0 Å². The molecule has 0 bridgehead atoms. The molecule has 1 atom stereocenters. The number of amides is 1. The fourth-order valence-corrected chi connectivity index (χ4v) is 6.75. The summed E-state index contributed by atoms with van der Waals surface area (Å²) in [6, 6.07) is 9.58. The van der Waals surface area contributed by atoms with Gasteiger partial charge in [-0.05, 0) is 74.9 Å². The second-order valence-corrected chi connectivity index (χ2v) is 19.8. The summed E-state index contributed by atoms with van der Waals surface area (Å²) in [5.74, 6) is 1.62. The van der Waals surface area contributed by atoms with E-state index in [-0.39, 0.29) is 28.5 Å².